The Morgan fingerprint density at radius 1 is 0.750 bits per heavy atom. The molecule has 0 aliphatic rings. The average Bonchev–Trinajstić information content (AvgIpc) is 2.78. The highest BCUT2D eigenvalue weighted by atomic mass is 32.2. The molecule has 0 heterocycles. The van der Waals surface area contributed by atoms with Crippen LogP contribution in [0.4, 0.5) is 11.4 Å². The standard InChI is InChI=1S/C20H21N3O10S3/c1-3-23(4-2)34(26,27)13-6-8-16(24)15(10-13)21-22-20-17(25)7-5-12-9-14(35(28,29)30)11-18(19(12)20)36(31,32)33/h5-11,24-25H,3-4H2,1-2H3,(H,28,29,30)(H,31,32,33). The summed E-state index contributed by atoms with van der Waals surface area (Å²) >= 11 is 0. The normalized spacial score (nSPS) is 13.1. The second-order valence-corrected chi connectivity index (χ2v) is 12.1. The van der Waals surface area contributed by atoms with Gasteiger partial charge in [0.2, 0.25) is 10.0 Å². The number of nitrogens with zero attached hydrogens (tertiary/aromatic N) is 3. The lowest BCUT2D eigenvalue weighted by Crippen LogP contribution is -2.30. The van der Waals surface area contributed by atoms with E-state index in [9.17, 15) is 44.6 Å². The first-order valence-corrected chi connectivity index (χ1v) is 14.4. The van der Waals surface area contributed by atoms with E-state index in [1.807, 2.05) is 0 Å². The van der Waals surface area contributed by atoms with Gasteiger partial charge >= 0.3 is 0 Å². The van der Waals surface area contributed by atoms with Crippen LogP contribution in [0.5, 0.6) is 11.5 Å². The highest BCUT2D eigenvalue weighted by molar-refractivity contribution is 7.89. The molecule has 194 valence electrons. The Hall–Kier alpha value is -3.15. The minimum Gasteiger partial charge on any atom is -0.506 e. The number of fused-ring (bicyclic) bond motifs is 1. The van der Waals surface area contributed by atoms with Crippen LogP contribution in [0.25, 0.3) is 10.8 Å². The van der Waals surface area contributed by atoms with Crippen LogP contribution in [-0.4, -0.2) is 62.0 Å². The van der Waals surface area contributed by atoms with E-state index in [1.165, 1.54) is 4.31 Å². The monoisotopic (exact) mass is 559 g/mol. The third-order valence-corrected chi connectivity index (χ3v) is 8.89. The molecule has 3 aromatic rings. The molecule has 0 radical (unpaired) electrons. The lowest BCUT2D eigenvalue weighted by atomic mass is 10.1. The predicted molar refractivity (Wildman–Crippen MR) is 128 cm³/mol. The van der Waals surface area contributed by atoms with E-state index in [0.717, 1.165) is 36.4 Å². The maximum atomic E-state index is 12.8. The second-order valence-electron chi connectivity index (χ2n) is 7.34. The quantitative estimate of drug-likeness (QED) is 0.234. The minimum atomic E-state index is -5.11. The van der Waals surface area contributed by atoms with Crippen molar-refractivity contribution in [3.63, 3.8) is 0 Å². The van der Waals surface area contributed by atoms with Crippen LogP contribution in [0.15, 0.2) is 67.4 Å². The molecular formula is C20H21N3O10S3. The molecule has 0 aliphatic heterocycles. The summed E-state index contributed by atoms with van der Waals surface area (Å²) in [6.07, 6.45) is 0. The van der Waals surface area contributed by atoms with Gasteiger partial charge in [-0.3, -0.25) is 9.11 Å². The summed E-state index contributed by atoms with van der Waals surface area (Å²) in [5.74, 6) is -1.12. The van der Waals surface area contributed by atoms with Crippen molar-refractivity contribution in [2.45, 2.75) is 28.5 Å². The van der Waals surface area contributed by atoms with E-state index in [0.29, 0.717) is 6.07 Å². The number of rotatable bonds is 8. The molecule has 4 N–H and O–H groups in total. The first-order valence-electron chi connectivity index (χ1n) is 10.1. The number of benzene rings is 3. The highest BCUT2D eigenvalue weighted by Crippen LogP contribution is 2.41. The number of phenols is 2. The van der Waals surface area contributed by atoms with Crippen molar-refractivity contribution in [1.82, 2.24) is 4.31 Å². The number of azo groups is 1. The van der Waals surface area contributed by atoms with E-state index in [-0.39, 0.29) is 29.1 Å². The Balaban J connectivity index is 2.27. The predicted octanol–water partition coefficient (Wildman–Crippen LogP) is 3.19. The minimum absolute atomic E-state index is 0.161. The van der Waals surface area contributed by atoms with Gasteiger partial charge in [0.15, 0.2) is 0 Å². The zero-order valence-electron chi connectivity index (χ0n) is 18.8. The molecule has 3 aromatic carbocycles. The Kier molecular flexibility index (Phi) is 7.41. The fraction of sp³-hybridized carbons (Fsp3) is 0.200. The number of aromatic hydroxyl groups is 2. The molecule has 0 amide bonds. The topological polar surface area (TPSA) is 211 Å². The van der Waals surface area contributed by atoms with Crippen molar-refractivity contribution in [1.29, 1.82) is 0 Å². The number of phenolic OH excluding ortho intramolecular Hbond substituents is 2. The van der Waals surface area contributed by atoms with Gasteiger partial charge in [0.1, 0.15) is 27.8 Å². The molecule has 3 rings (SSSR count). The van der Waals surface area contributed by atoms with Crippen LogP contribution < -0.4 is 0 Å². The number of hydrogen-bond acceptors (Lipinski definition) is 10. The maximum absolute atomic E-state index is 12.8. The van der Waals surface area contributed by atoms with E-state index in [2.05, 4.69) is 10.2 Å². The molecule has 0 atom stereocenters. The van der Waals surface area contributed by atoms with Crippen molar-refractivity contribution in [3.05, 3.63) is 42.5 Å². The lowest BCUT2D eigenvalue weighted by molar-refractivity contribution is 0.444. The van der Waals surface area contributed by atoms with Gasteiger partial charge in [-0.25, -0.2) is 8.42 Å². The second kappa shape index (κ2) is 9.72. The van der Waals surface area contributed by atoms with Crippen LogP contribution in [0.1, 0.15) is 13.8 Å². The molecular weight excluding hydrogens is 538 g/mol. The molecule has 13 nitrogen and oxygen atoms in total. The van der Waals surface area contributed by atoms with Crippen LogP contribution >= 0.6 is 0 Å². The molecule has 36 heavy (non-hydrogen) atoms. The fourth-order valence-electron chi connectivity index (χ4n) is 3.39. The van der Waals surface area contributed by atoms with E-state index < -0.39 is 62.6 Å². The highest BCUT2D eigenvalue weighted by Gasteiger charge is 2.25. The molecule has 0 aliphatic carbocycles. The number of sulfonamides is 1. The van der Waals surface area contributed by atoms with E-state index >= 15 is 0 Å². The largest absolute Gasteiger partial charge is 0.506 e. The summed E-state index contributed by atoms with van der Waals surface area (Å²) in [6, 6.07) is 6.74. The average molecular weight is 560 g/mol. The first kappa shape index (κ1) is 27.4. The van der Waals surface area contributed by atoms with Crippen molar-refractivity contribution in [3.8, 4) is 11.5 Å². The zero-order valence-corrected chi connectivity index (χ0v) is 21.2. The molecule has 0 spiro atoms. The van der Waals surface area contributed by atoms with Crippen molar-refractivity contribution in [2.75, 3.05) is 13.1 Å². The van der Waals surface area contributed by atoms with Crippen molar-refractivity contribution < 1.29 is 44.6 Å². The van der Waals surface area contributed by atoms with Crippen molar-refractivity contribution in [2.24, 2.45) is 10.2 Å². The van der Waals surface area contributed by atoms with Gasteiger partial charge in [0.25, 0.3) is 20.2 Å². The third kappa shape index (κ3) is 5.32. The molecule has 0 unspecified atom stereocenters. The summed E-state index contributed by atoms with van der Waals surface area (Å²) in [7, 11) is -13.9. The molecule has 0 saturated heterocycles. The van der Waals surface area contributed by atoms with Gasteiger partial charge in [0, 0.05) is 18.5 Å². The van der Waals surface area contributed by atoms with Gasteiger partial charge in [-0.05, 0) is 41.8 Å². The third-order valence-electron chi connectivity index (χ3n) is 5.13. The van der Waals surface area contributed by atoms with E-state index in [4.69, 9.17) is 0 Å². The Bertz CT molecular complexity index is 1700. The van der Waals surface area contributed by atoms with Gasteiger partial charge in [-0.2, -0.15) is 21.1 Å². The molecule has 16 heteroatoms. The molecule has 0 saturated carbocycles. The van der Waals surface area contributed by atoms with Gasteiger partial charge in [-0.1, -0.05) is 19.9 Å². The summed E-state index contributed by atoms with van der Waals surface area (Å²) in [5.41, 5.74) is -0.888. The van der Waals surface area contributed by atoms with Crippen molar-refractivity contribution >= 4 is 52.4 Å². The molecule has 0 aromatic heterocycles. The van der Waals surface area contributed by atoms with Crippen LogP contribution in [0.2, 0.25) is 0 Å². The van der Waals surface area contributed by atoms with E-state index in [1.54, 1.807) is 13.8 Å². The lowest BCUT2D eigenvalue weighted by Gasteiger charge is -2.18. The Morgan fingerprint density at radius 3 is 1.92 bits per heavy atom. The Morgan fingerprint density at radius 2 is 1.36 bits per heavy atom. The SMILES string of the molecule is CCN(CC)S(=O)(=O)c1ccc(O)c(N=Nc2c(O)ccc3cc(S(=O)(=O)O)cc(S(=O)(=O)O)c23)c1. The molecule has 0 bridgehead atoms. The van der Waals surface area contributed by atoms with Gasteiger partial charge in [-0.15, -0.1) is 10.2 Å². The molecule has 0 fully saturated rings. The van der Waals surface area contributed by atoms with Crippen LogP contribution in [-0.2, 0) is 30.3 Å². The maximum Gasteiger partial charge on any atom is 0.295 e. The van der Waals surface area contributed by atoms with Crippen LogP contribution in [0.3, 0.4) is 0 Å². The van der Waals surface area contributed by atoms with Gasteiger partial charge in [0.05, 0.1) is 9.79 Å². The summed E-state index contributed by atoms with van der Waals surface area (Å²) in [4.78, 5) is -2.06. The summed E-state index contributed by atoms with van der Waals surface area (Å²) in [5, 5.41) is 27.4. The van der Waals surface area contributed by atoms with Crippen LogP contribution in [0, 0.1) is 0 Å². The van der Waals surface area contributed by atoms with Gasteiger partial charge < -0.3 is 10.2 Å². The first-order chi connectivity index (χ1) is 16.6. The smallest absolute Gasteiger partial charge is 0.295 e. The summed E-state index contributed by atoms with van der Waals surface area (Å²) in [6.45, 7) is 3.66. The summed E-state index contributed by atoms with van der Waals surface area (Å²) < 4.78 is 92.9. The fourth-order valence-corrected chi connectivity index (χ4v) is 6.23. The Labute approximate surface area is 206 Å². The zero-order chi connectivity index (χ0) is 27.1. The number of hydrogen-bond donors (Lipinski definition) is 4.